The number of allylic oxidation sites excluding steroid dienone is 1. The largest absolute Gasteiger partial charge is 0.0984 e. The Morgan fingerprint density at radius 2 is 1.88 bits per heavy atom. The predicted molar refractivity (Wildman–Crippen MR) is 79.4 cm³/mol. The molecule has 0 unspecified atom stereocenters. The fourth-order valence-electron chi connectivity index (χ4n) is 2.43. The molecule has 0 amide bonds. The average molecular weight is 228 g/mol. The normalized spacial score (nSPS) is 10.2. The molecule has 0 spiro atoms. The molecule has 0 saturated heterocycles. The van der Waals surface area contributed by atoms with Crippen molar-refractivity contribution in [3.63, 3.8) is 0 Å². The van der Waals surface area contributed by atoms with Gasteiger partial charge in [-0.1, -0.05) is 44.2 Å². The van der Waals surface area contributed by atoms with E-state index in [0.717, 1.165) is 12.8 Å². The molecule has 0 nitrogen and oxygen atoms in total. The summed E-state index contributed by atoms with van der Waals surface area (Å²) >= 11 is 0. The van der Waals surface area contributed by atoms with Crippen molar-refractivity contribution in [1.29, 1.82) is 0 Å². The highest BCUT2D eigenvalue weighted by molar-refractivity contribution is 5.70. The molecule has 0 aliphatic carbocycles. The van der Waals surface area contributed by atoms with Gasteiger partial charge in [-0.15, -0.1) is 0 Å². The summed E-state index contributed by atoms with van der Waals surface area (Å²) in [4.78, 5) is 0. The van der Waals surface area contributed by atoms with Crippen LogP contribution in [0, 0.1) is 6.92 Å². The molecular formula is C17H24. The third kappa shape index (κ3) is 2.88. The molecule has 0 heteroatoms. The highest BCUT2D eigenvalue weighted by atomic mass is 14.1. The second kappa shape index (κ2) is 5.86. The van der Waals surface area contributed by atoms with Crippen molar-refractivity contribution in [2.45, 2.75) is 47.5 Å². The number of hydrogen-bond donors (Lipinski definition) is 0. The smallest absolute Gasteiger partial charge is 0.0153 e. The topological polar surface area (TPSA) is 0 Å². The minimum Gasteiger partial charge on any atom is -0.0984 e. The maximum atomic E-state index is 3.94. The van der Waals surface area contributed by atoms with Crippen molar-refractivity contribution in [3.05, 3.63) is 46.0 Å². The van der Waals surface area contributed by atoms with E-state index in [9.17, 15) is 0 Å². The van der Waals surface area contributed by atoms with Crippen LogP contribution in [0.25, 0.3) is 12.2 Å². The van der Waals surface area contributed by atoms with Crippen LogP contribution in [0.2, 0.25) is 0 Å². The Morgan fingerprint density at radius 3 is 2.29 bits per heavy atom. The van der Waals surface area contributed by atoms with Gasteiger partial charge in [0.1, 0.15) is 0 Å². The molecular weight excluding hydrogens is 204 g/mol. The van der Waals surface area contributed by atoms with Gasteiger partial charge in [0.25, 0.3) is 0 Å². The quantitative estimate of drug-likeness (QED) is 0.665. The van der Waals surface area contributed by atoms with E-state index < -0.39 is 0 Å². The first-order valence-corrected chi connectivity index (χ1v) is 6.47. The van der Waals surface area contributed by atoms with Crippen molar-refractivity contribution in [2.24, 2.45) is 0 Å². The van der Waals surface area contributed by atoms with Crippen LogP contribution in [0.5, 0.6) is 0 Å². The van der Waals surface area contributed by atoms with Gasteiger partial charge < -0.3 is 0 Å². The zero-order valence-electron chi connectivity index (χ0n) is 11.9. The van der Waals surface area contributed by atoms with E-state index in [1.54, 1.807) is 0 Å². The summed E-state index contributed by atoms with van der Waals surface area (Å²) in [5.74, 6) is 0. The summed E-state index contributed by atoms with van der Waals surface area (Å²) in [6.07, 6.45) is 6.45. The monoisotopic (exact) mass is 228 g/mol. The lowest BCUT2D eigenvalue weighted by molar-refractivity contribution is 1.01. The molecule has 0 atom stereocenters. The van der Waals surface area contributed by atoms with Crippen LogP contribution in [-0.2, 0) is 12.8 Å². The van der Waals surface area contributed by atoms with Gasteiger partial charge in [-0.3, -0.25) is 0 Å². The Morgan fingerprint density at radius 1 is 1.24 bits per heavy atom. The molecule has 1 aromatic carbocycles. The molecule has 1 rings (SSSR count). The molecule has 0 bridgehead atoms. The molecule has 17 heavy (non-hydrogen) atoms. The zero-order chi connectivity index (χ0) is 13.0. The Hall–Kier alpha value is -1.30. The van der Waals surface area contributed by atoms with Crippen LogP contribution in [0.15, 0.2) is 18.2 Å². The van der Waals surface area contributed by atoms with Gasteiger partial charge >= 0.3 is 0 Å². The van der Waals surface area contributed by atoms with Crippen LogP contribution in [0.1, 0.15) is 55.5 Å². The third-order valence-corrected chi connectivity index (χ3v) is 3.27. The van der Waals surface area contributed by atoms with Crippen molar-refractivity contribution in [3.8, 4) is 0 Å². The Balaban J connectivity index is 3.58. The van der Waals surface area contributed by atoms with Gasteiger partial charge in [-0.05, 0) is 61.4 Å². The van der Waals surface area contributed by atoms with E-state index in [2.05, 4.69) is 53.3 Å². The van der Waals surface area contributed by atoms with Gasteiger partial charge in [0, 0.05) is 0 Å². The highest BCUT2D eigenvalue weighted by Crippen LogP contribution is 2.27. The highest BCUT2D eigenvalue weighted by Gasteiger charge is 2.10. The first-order chi connectivity index (χ1) is 8.04. The molecule has 0 N–H and O–H groups in total. The number of rotatable bonds is 4. The summed E-state index contributed by atoms with van der Waals surface area (Å²) in [7, 11) is 0. The van der Waals surface area contributed by atoms with Crippen molar-refractivity contribution in [2.75, 3.05) is 0 Å². The number of aryl methyl sites for hydroxylation is 1. The van der Waals surface area contributed by atoms with Crippen molar-refractivity contribution in [1.82, 2.24) is 0 Å². The summed E-state index contributed by atoms with van der Waals surface area (Å²) < 4.78 is 0. The molecule has 92 valence electrons. The molecule has 0 fully saturated rings. The first kappa shape index (κ1) is 13.8. The van der Waals surface area contributed by atoms with Crippen molar-refractivity contribution < 1.29 is 0 Å². The lowest BCUT2D eigenvalue weighted by Gasteiger charge is -2.16. The Labute approximate surface area is 106 Å². The second-order valence-corrected chi connectivity index (χ2v) is 4.78. The number of hydrogen-bond acceptors (Lipinski definition) is 0. The predicted octanol–water partition coefficient (Wildman–Crippen LogP) is 5.19. The molecule has 0 radical (unpaired) electrons. The first-order valence-electron chi connectivity index (χ1n) is 6.47. The molecule has 0 heterocycles. The molecule has 0 saturated carbocycles. The van der Waals surface area contributed by atoms with E-state index >= 15 is 0 Å². The molecule has 1 aromatic rings. The van der Waals surface area contributed by atoms with Crippen LogP contribution in [0.4, 0.5) is 0 Å². The van der Waals surface area contributed by atoms with Crippen molar-refractivity contribution >= 4 is 12.2 Å². The fourth-order valence-corrected chi connectivity index (χ4v) is 2.43. The van der Waals surface area contributed by atoms with Crippen LogP contribution < -0.4 is 0 Å². The average Bonchev–Trinajstić information content (AvgIpc) is 2.30. The zero-order valence-corrected chi connectivity index (χ0v) is 11.9. The van der Waals surface area contributed by atoms with Gasteiger partial charge in [0.15, 0.2) is 0 Å². The van der Waals surface area contributed by atoms with Gasteiger partial charge in [-0.25, -0.2) is 0 Å². The van der Waals surface area contributed by atoms with E-state index in [-0.39, 0.29) is 0 Å². The molecule has 0 aliphatic heterocycles. The molecule has 0 aliphatic rings. The Kier molecular flexibility index (Phi) is 4.74. The summed E-state index contributed by atoms with van der Waals surface area (Å²) in [5, 5.41) is 0. The maximum Gasteiger partial charge on any atom is -0.0153 e. The van der Waals surface area contributed by atoms with Crippen LogP contribution >= 0.6 is 0 Å². The minimum atomic E-state index is 1.10. The SMILES string of the molecule is C=Cc1cc(CC)c(CC)c(C)c1C=C(C)C. The fraction of sp³-hybridized carbons (Fsp3) is 0.412. The molecule has 0 aromatic heterocycles. The lowest BCUT2D eigenvalue weighted by Crippen LogP contribution is -2.00. The summed E-state index contributed by atoms with van der Waals surface area (Å²) in [6, 6.07) is 2.30. The van der Waals surface area contributed by atoms with Crippen LogP contribution in [0.3, 0.4) is 0 Å². The summed E-state index contributed by atoms with van der Waals surface area (Å²) in [6.45, 7) is 14.9. The standard InChI is InChI=1S/C17H24/c1-7-14-11-15(8-2)17(10-12(4)5)13(6)16(14)9-3/h8,10-11H,2,7,9H2,1,3-6H3. The third-order valence-electron chi connectivity index (χ3n) is 3.27. The summed E-state index contributed by atoms with van der Waals surface area (Å²) in [5.41, 5.74) is 8.33. The number of benzene rings is 1. The second-order valence-electron chi connectivity index (χ2n) is 4.78. The van der Waals surface area contributed by atoms with E-state index in [1.165, 1.54) is 33.4 Å². The van der Waals surface area contributed by atoms with Gasteiger partial charge in [0.05, 0.1) is 0 Å². The lowest BCUT2D eigenvalue weighted by atomic mass is 9.89. The van der Waals surface area contributed by atoms with E-state index in [4.69, 9.17) is 0 Å². The van der Waals surface area contributed by atoms with E-state index in [1.807, 2.05) is 6.08 Å². The maximum absolute atomic E-state index is 3.94. The van der Waals surface area contributed by atoms with Gasteiger partial charge in [-0.2, -0.15) is 0 Å². The Bertz CT molecular complexity index is 444. The minimum absolute atomic E-state index is 1.10. The van der Waals surface area contributed by atoms with Gasteiger partial charge in [0.2, 0.25) is 0 Å². The van der Waals surface area contributed by atoms with Crippen LogP contribution in [-0.4, -0.2) is 0 Å². The van der Waals surface area contributed by atoms with E-state index in [0.29, 0.717) is 0 Å².